The van der Waals surface area contributed by atoms with E-state index in [-0.39, 0.29) is 12.3 Å². The molecule has 0 aliphatic heterocycles. The SMILES string of the molecule is COc1ccc(NC(=O)c2ccccc2[C@H](F)Cc2ccc(Br)cc2)cc1. The summed E-state index contributed by atoms with van der Waals surface area (Å²) in [4.78, 5) is 12.7. The van der Waals surface area contributed by atoms with E-state index in [0.29, 0.717) is 22.6 Å². The zero-order valence-electron chi connectivity index (χ0n) is 14.8. The van der Waals surface area contributed by atoms with Crippen LogP contribution in [0.1, 0.15) is 27.7 Å². The number of methoxy groups -OCH3 is 1. The van der Waals surface area contributed by atoms with Gasteiger partial charge < -0.3 is 10.1 Å². The number of hydrogen-bond acceptors (Lipinski definition) is 2. The number of ether oxygens (including phenoxy) is 1. The highest BCUT2D eigenvalue weighted by molar-refractivity contribution is 9.10. The molecule has 0 bridgehead atoms. The zero-order chi connectivity index (χ0) is 19.2. The number of carbonyl (C=O) groups excluding carboxylic acids is 1. The largest absolute Gasteiger partial charge is 0.497 e. The molecule has 0 fully saturated rings. The topological polar surface area (TPSA) is 38.3 Å². The van der Waals surface area contributed by atoms with Crippen molar-refractivity contribution in [3.05, 3.63) is 94.0 Å². The van der Waals surface area contributed by atoms with E-state index in [2.05, 4.69) is 21.2 Å². The van der Waals surface area contributed by atoms with Crippen LogP contribution in [0.15, 0.2) is 77.3 Å². The lowest BCUT2D eigenvalue weighted by Crippen LogP contribution is -2.15. The van der Waals surface area contributed by atoms with Crippen molar-refractivity contribution in [1.82, 2.24) is 0 Å². The van der Waals surface area contributed by atoms with E-state index in [0.717, 1.165) is 10.0 Å². The molecule has 138 valence electrons. The Morgan fingerprint density at radius 2 is 1.70 bits per heavy atom. The maximum Gasteiger partial charge on any atom is 0.256 e. The van der Waals surface area contributed by atoms with Crippen LogP contribution >= 0.6 is 15.9 Å². The molecular formula is C22H19BrFNO2. The number of carbonyl (C=O) groups is 1. The molecule has 0 spiro atoms. The van der Waals surface area contributed by atoms with Crippen molar-refractivity contribution in [3.63, 3.8) is 0 Å². The lowest BCUT2D eigenvalue weighted by atomic mass is 9.97. The Labute approximate surface area is 166 Å². The molecule has 0 saturated heterocycles. The third-order valence-electron chi connectivity index (χ3n) is 4.22. The van der Waals surface area contributed by atoms with Gasteiger partial charge in [0.2, 0.25) is 0 Å². The number of amides is 1. The van der Waals surface area contributed by atoms with Crippen molar-refractivity contribution >= 4 is 27.5 Å². The Balaban J connectivity index is 1.77. The van der Waals surface area contributed by atoms with E-state index >= 15 is 0 Å². The minimum atomic E-state index is -1.27. The van der Waals surface area contributed by atoms with Gasteiger partial charge in [-0.15, -0.1) is 0 Å². The molecule has 0 radical (unpaired) electrons. The monoisotopic (exact) mass is 427 g/mol. The van der Waals surface area contributed by atoms with Crippen molar-refractivity contribution in [1.29, 1.82) is 0 Å². The van der Waals surface area contributed by atoms with E-state index in [1.165, 1.54) is 0 Å². The highest BCUT2D eigenvalue weighted by Gasteiger charge is 2.19. The van der Waals surface area contributed by atoms with Gasteiger partial charge in [0.15, 0.2) is 0 Å². The second kappa shape index (κ2) is 8.82. The Hall–Kier alpha value is -2.66. The van der Waals surface area contributed by atoms with E-state index in [4.69, 9.17) is 4.74 Å². The summed E-state index contributed by atoms with van der Waals surface area (Å²) in [5, 5.41) is 2.81. The van der Waals surface area contributed by atoms with E-state index in [9.17, 15) is 9.18 Å². The second-order valence-corrected chi connectivity index (χ2v) is 6.98. The third kappa shape index (κ3) is 4.95. The maximum atomic E-state index is 15.0. The summed E-state index contributed by atoms with van der Waals surface area (Å²) < 4.78 is 21.0. The number of halogens is 2. The van der Waals surface area contributed by atoms with Crippen molar-refractivity contribution < 1.29 is 13.9 Å². The van der Waals surface area contributed by atoms with Crippen LogP contribution in [0.4, 0.5) is 10.1 Å². The van der Waals surface area contributed by atoms with Gasteiger partial charge in [-0.1, -0.05) is 46.3 Å². The van der Waals surface area contributed by atoms with Crippen LogP contribution < -0.4 is 10.1 Å². The van der Waals surface area contributed by atoms with Gasteiger partial charge in [0.25, 0.3) is 5.91 Å². The van der Waals surface area contributed by atoms with Crippen LogP contribution in [0.2, 0.25) is 0 Å². The molecule has 27 heavy (non-hydrogen) atoms. The van der Waals surface area contributed by atoms with Crippen molar-refractivity contribution in [2.24, 2.45) is 0 Å². The van der Waals surface area contributed by atoms with Crippen molar-refractivity contribution in [2.75, 3.05) is 12.4 Å². The Morgan fingerprint density at radius 3 is 2.37 bits per heavy atom. The van der Waals surface area contributed by atoms with Crippen LogP contribution in [0.5, 0.6) is 5.75 Å². The minimum absolute atomic E-state index is 0.208. The normalized spacial score (nSPS) is 11.7. The molecule has 0 unspecified atom stereocenters. The highest BCUT2D eigenvalue weighted by atomic mass is 79.9. The first-order valence-corrected chi connectivity index (χ1v) is 9.29. The summed E-state index contributed by atoms with van der Waals surface area (Å²) in [7, 11) is 1.58. The van der Waals surface area contributed by atoms with E-state index < -0.39 is 6.17 Å². The first-order valence-electron chi connectivity index (χ1n) is 8.49. The van der Waals surface area contributed by atoms with Crippen molar-refractivity contribution in [3.8, 4) is 5.75 Å². The number of benzene rings is 3. The summed E-state index contributed by atoms with van der Waals surface area (Å²) in [6.45, 7) is 0. The standard InChI is InChI=1S/C22H19BrFNO2/c1-27-18-12-10-17(11-13-18)25-22(26)20-5-3-2-4-19(20)21(24)14-15-6-8-16(23)9-7-15/h2-13,21H,14H2,1H3,(H,25,26)/t21-/m1/s1. The first kappa shape index (κ1) is 19.1. The number of anilines is 1. The van der Waals surface area contributed by atoms with Crippen LogP contribution in [-0.4, -0.2) is 13.0 Å². The van der Waals surface area contributed by atoms with Crippen LogP contribution in [0.3, 0.4) is 0 Å². The Bertz CT molecular complexity index is 910. The summed E-state index contributed by atoms with van der Waals surface area (Å²) >= 11 is 3.37. The molecule has 0 aromatic heterocycles. The van der Waals surface area contributed by atoms with Gasteiger partial charge in [-0.2, -0.15) is 0 Å². The number of hydrogen-bond donors (Lipinski definition) is 1. The van der Waals surface area contributed by atoms with Gasteiger partial charge in [-0.3, -0.25) is 4.79 Å². The Morgan fingerprint density at radius 1 is 1.04 bits per heavy atom. The quantitative estimate of drug-likeness (QED) is 0.526. The van der Waals surface area contributed by atoms with Gasteiger partial charge in [0, 0.05) is 22.1 Å². The lowest BCUT2D eigenvalue weighted by Gasteiger charge is -2.14. The zero-order valence-corrected chi connectivity index (χ0v) is 16.4. The summed E-state index contributed by atoms with van der Waals surface area (Å²) in [6, 6.07) is 21.3. The third-order valence-corrected chi connectivity index (χ3v) is 4.75. The second-order valence-electron chi connectivity index (χ2n) is 6.07. The van der Waals surface area contributed by atoms with Crippen LogP contribution in [-0.2, 0) is 6.42 Å². The number of rotatable bonds is 6. The lowest BCUT2D eigenvalue weighted by molar-refractivity contribution is 0.102. The number of nitrogens with one attached hydrogen (secondary N) is 1. The predicted molar refractivity (Wildman–Crippen MR) is 109 cm³/mol. The van der Waals surface area contributed by atoms with Crippen LogP contribution in [0.25, 0.3) is 0 Å². The van der Waals surface area contributed by atoms with E-state index in [1.54, 1.807) is 55.6 Å². The Kier molecular flexibility index (Phi) is 6.24. The predicted octanol–water partition coefficient (Wildman–Crippen LogP) is 5.96. The molecular weight excluding hydrogens is 409 g/mol. The van der Waals surface area contributed by atoms with Crippen LogP contribution in [0, 0.1) is 0 Å². The molecule has 0 aliphatic rings. The first-order chi connectivity index (χ1) is 13.1. The molecule has 1 atom stereocenters. The summed E-state index contributed by atoms with van der Waals surface area (Å²) in [5.41, 5.74) is 2.21. The van der Waals surface area contributed by atoms with Gasteiger partial charge in [-0.05, 0) is 53.6 Å². The highest BCUT2D eigenvalue weighted by Crippen LogP contribution is 2.27. The van der Waals surface area contributed by atoms with Gasteiger partial charge in [0.1, 0.15) is 11.9 Å². The molecule has 3 aromatic rings. The fraction of sp³-hybridized carbons (Fsp3) is 0.136. The number of alkyl halides is 1. The summed E-state index contributed by atoms with van der Waals surface area (Å²) in [5.74, 6) is 0.362. The fourth-order valence-corrected chi connectivity index (χ4v) is 3.05. The van der Waals surface area contributed by atoms with E-state index in [1.807, 2.05) is 24.3 Å². The molecule has 3 aromatic carbocycles. The van der Waals surface area contributed by atoms with Gasteiger partial charge in [-0.25, -0.2) is 4.39 Å². The fourth-order valence-electron chi connectivity index (χ4n) is 2.79. The maximum absolute atomic E-state index is 15.0. The smallest absolute Gasteiger partial charge is 0.256 e. The molecule has 3 rings (SSSR count). The van der Waals surface area contributed by atoms with Crippen molar-refractivity contribution in [2.45, 2.75) is 12.6 Å². The minimum Gasteiger partial charge on any atom is -0.497 e. The summed E-state index contributed by atoms with van der Waals surface area (Å²) in [6.07, 6.45) is -1.07. The molecule has 0 saturated carbocycles. The molecule has 0 aliphatic carbocycles. The average molecular weight is 428 g/mol. The molecule has 1 N–H and O–H groups in total. The molecule has 5 heteroatoms. The molecule has 1 amide bonds. The average Bonchev–Trinajstić information content (AvgIpc) is 2.70. The molecule has 3 nitrogen and oxygen atoms in total. The molecule has 0 heterocycles. The van der Waals surface area contributed by atoms with Gasteiger partial charge >= 0.3 is 0 Å². The van der Waals surface area contributed by atoms with Gasteiger partial charge in [0.05, 0.1) is 7.11 Å².